The fourth-order valence-electron chi connectivity index (χ4n) is 2.64. The van der Waals surface area contributed by atoms with Gasteiger partial charge in [-0.3, -0.25) is 4.79 Å². The van der Waals surface area contributed by atoms with E-state index in [2.05, 4.69) is 0 Å². The molecular weight excluding hydrogens is 220 g/mol. The Morgan fingerprint density at radius 1 is 1.24 bits per heavy atom. The summed E-state index contributed by atoms with van der Waals surface area (Å²) in [4.78, 5) is 11.5. The molecule has 4 nitrogen and oxygen atoms in total. The second-order valence-corrected chi connectivity index (χ2v) is 5.11. The fraction of sp³-hybridized carbons (Fsp3) is 0.462. The number of hydrogen-bond donors (Lipinski definition) is 3. The summed E-state index contributed by atoms with van der Waals surface area (Å²) in [6.07, 6.45) is 1.10. The number of carboxylic acids is 1. The molecule has 0 saturated heterocycles. The van der Waals surface area contributed by atoms with Crippen molar-refractivity contribution in [1.82, 2.24) is 0 Å². The largest absolute Gasteiger partial charge is 0.508 e. The van der Waals surface area contributed by atoms with E-state index in [0.717, 1.165) is 0 Å². The number of hydrogen-bond acceptors (Lipinski definition) is 3. The topological polar surface area (TPSA) is 77.8 Å². The second kappa shape index (κ2) is 3.74. The van der Waals surface area contributed by atoms with Gasteiger partial charge in [0.1, 0.15) is 5.75 Å². The van der Waals surface area contributed by atoms with Crippen LogP contribution < -0.4 is 0 Å². The molecule has 0 aromatic heterocycles. The highest BCUT2D eigenvalue weighted by atomic mass is 16.4. The molecule has 2 unspecified atom stereocenters. The highest BCUT2D eigenvalue weighted by Crippen LogP contribution is 2.46. The summed E-state index contributed by atoms with van der Waals surface area (Å²) in [6, 6.07) is 6.19. The van der Waals surface area contributed by atoms with E-state index < -0.39 is 17.0 Å². The molecule has 0 aliphatic heterocycles. The molecule has 1 aliphatic carbocycles. The first-order valence-electron chi connectivity index (χ1n) is 5.61. The van der Waals surface area contributed by atoms with Gasteiger partial charge in [-0.15, -0.1) is 0 Å². The molecule has 0 spiro atoms. The second-order valence-electron chi connectivity index (χ2n) is 5.11. The van der Waals surface area contributed by atoms with Gasteiger partial charge in [0.2, 0.25) is 0 Å². The molecule has 2 atom stereocenters. The van der Waals surface area contributed by atoms with E-state index in [0.29, 0.717) is 18.4 Å². The van der Waals surface area contributed by atoms with Gasteiger partial charge in [-0.2, -0.15) is 0 Å². The first-order valence-corrected chi connectivity index (χ1v) is 5.61. The Hall–Kier alpha value is -1.55. The van der Waals surface area contributed by atoms with Gasteiger partial charge >= 0.3 is 5.97 Å². The average Bonchev–Trinajstić information content (AvgIpc) is 2.57. The van der Waals surface area contributed by atoms with Crippen LogP contribution in [0.1, 0.15) is 31.7 Å². The van der Waals surface area contributed by atoms with E-state index in [-0.39, 0.29) is 12.2 Å². The number of aliphatic hydroxyl groups is 1. The van der Waals surface area contributed by atoms with Crippen molar-refractivity contribution in [2.75, 3.05) is 0 Å². The smallest absolute Gasteiger partial charge is 0.314 e. The molecule has 0 radical (unpaired) electrons. The van der Waals surface area contributed by atoms with Gasteiger partial charge in [0.25, 0.3) is 0 Å². The molecule has 1 aliphatic rings. The molecule has 0 heterocycles. The molecule has 92 valence electrons. The number of benzene rings is 1. The summed E-state index contributed by atoms with van der Waals surface area (Å²) >= 11 is 0. The third-order valence-electron chi connectivity index (χ3n) is 3.60. The number of carbonyl (C=O) groups is 1. The quantitative estimate of drug-likeness (QED) is 0.729. The summed E-state index contributed by atoms with van der Waals surface area (Å²) in [5, 5.41) is 28.7. The van der Waals surface area contributed by atoms with Crippen LogP contribution in [0.15, 0.2) is 24.3 Å². The standard InChI is InChI=1S/C13H16O4/c1-12(17)6-7-13(8-12,11(15)16)9-2-4-10(14)5-3-9/h2-5,14,17H,6-8H2,1H3,(H,15,16). The number of aliphatic carboxylic acids is 1. The Kier molecular flexibility index (Phi) is 2.62. The van der Waals surface area contributed by atoms with Crippen LogP contribution in [0.3, 0.4) is 0 Å². The van der Waals surface area contributed by atoms with Gasteiger partial charge in [0.15, 0.2) is 0 Å². The van der Waals surface area contributed by atoms with Crippen LogP contribution >= 0.6 is 0 Å². The maximum absolute atomic E-state index is 11.5. The molecule has 3 N–H and O–H groups in total. The Morgan fingerprint density at radius 2 is 1.82 bits per heavy atom. The summed E-state index contributed by atoms with van der Waals surface area (Å²) < 4.78 is 0. The first kappa shape index (κ1) is 11.9. The third-order valence-corrected chi connectivity index (χ3v) is 3.60. The lowest BCUT2D eigenvalue weighted by Gasteiger charge is -2.26. The zero-order valence-corrected chi connectivity index (χ0v) is 9.68. The summed E-state index contributed by atoms with van der Waals surface area (Å²) in [7, 11) is 0. The molecule has 1 saturated carbocycles. The van der Waals surface area contributed by atoms with Crippen molar-refractivity contribution >= 4 is 5.97 Å². The third kappa shape index (κ3) is 2.00. The number of carboxylic acid groups (broad SMARTS) is 1. The molecule has 1 aromatic rings. The molecule has 0 amide bonds. The zero-order chi connectivity index (χ0) is 12.7. The van der Waals surface area contributed by atoms with E-state index in [9.17, 15) is 20.1 Å². The normalized spacial score (nSPS) is 32.6. The Bertz CT molecular complexity index is 435. The van der Waals surface area contributed by atoms with Gasteiger partial charge < -0.3 is 15.3 Å². The minimum atomic E-state index is -1.03. The maximum Gasteiger partial charge on any atom is 0.314 e. The molecule has 2 rings (SSSR count). The monoisotopic (exact) mass is 236 g/mol. The molecule has 0 bridgehead atoms. The minimum absolute atomic E-state index is 0.110. The SMILES string of the molecule is CC1(O)CCC(C(=O)O)(c2ccc(O)cc2)C1. The van der Waals surface area contributed by atoms with Crippen molar-refractivity contribution in [3.8, 4) is 5.75 Å². The van der Waals surface area contributed by atoms with E-state index in [1.54, 1.807) is 19.1 Å². The van der Waals surface area contributed by atoms with Gasteiger partial charge in [0.05, 0.1) is 11.0 Å². The van der Waals surface area contributed by atoms with E-state index in [1.807, 2.05) is 0 Å². The average molecular weight is 236 g/mol. The van der Waals surface area contributed by atoms with Crippen LogP contribution in [-0.2, 0) is 10.2 Å². The lowest BCUT2D eigenvalue weighted by atomic mass is 9.78. The zero-order valence-electron chi connectivity index (χ0n) is 9.68. The predicted molar refractivity (Wildman–Crippen MR) is 61.9 cm³/mol. The van der Waals surface area contributed by atoms with E-state index in [1.165, 1.54) is 12.1 Å². The summed E-state index contributed by atoms with van der Waals surface area (Å²) in [5.41, 5.74) is -1.33. The first-order chi connectivity index (χ1) is 7.86. The van der Waals surface area contributed by atoms with Gasteiger partial charge in [-0.25, -0.2) is 0 Å². The molecule has 1 aromatic carbocycles. The Morgan fingerprint density at radius 3 is 2.24 bits per heavy atom. The van der Waals surface area contributed by atoms with Crippen molar-refractivity contribution in [2.24, 2.45) is 0 Å². The lowest BCUT2D eigenvalue weighted by molar-refractivity contribution is -0.144. The number of aromatic hydroxyl groups is 1. The molecule has 1 fully saturated rings. The Balaban J connectivity index is 2.43. The van der Waals surface area contributed by atoms with Crippen molar-refractivity contribution in [3.63, 3.8) is 0 Å². The predicted octanol–water partition coefficient (Wildman–Crippen LogP) is 1.65. The van der Waals surface area contributed by atoms with Gasteiger partial charge in [-0.1, -0.05) is 12.1 Å². The van der Waals surface area contributed by atoms with Crippen LogP contribution in [0.4, 0.5) is 0 Å². The van der Waals surface area contributed by atoms with Crippen LogP contribution in [0.2, 0.25) is 0 Å². The van der Waals surface area contributed by atoms with Crippen molar-refractivity contribution in [3.05, 3.63) is 29.8 Å². The highest BCUT2D eigenvalue weighted by Gasteiger charge is 2.51. The lowest BCUT2D eigenvalue weighted by Crippen LogP contribution is -2.35. The minimum Gasteiger partial charge on any atom is -0.508 e. The van der Waals surface area contributed by atoms with E-state index in [4.69, 9.17) is 0 Å². The highest BCUT2D eigenvalue weighted by molar-refractivity contribution is 5.82. The molecular formula is C13H16O4. The summed E-state index contributed by atoms with van der Waals surface area (Å²) in [6.45, 7) is 1.66. The molecule has 17 heavy (non-hydrogen) atoms. The fourth-order valence-corrected chi connectivity index (χ4v) is 2.64. The van der Waals surface area contributed by atoms with Gasteiger partial charge in [0, 0.05) is 0 Å². The number of phenols is 1. The summed E-state index contributed by atoms with van der Waals surface area (Å²) in [5.74, 6) is -0.806. The van der Waals surface area contributed by atoms with E-state index >= 15 is 0 Å². The maximum atomic E-state index is 11.5. The van der Waals surface area contributed by atoms with Gasteiger partial charge in [-0.05, 0) is 43.9 Å². The number of rotatable bonds is 2. The van der Waals surface area contributed by atoms with Crippen LogP contribution in [0.25, 0.3) is 0 Å². The Labute approximate surface area is 99.5 Å². The van der Waals surface area contributed by atoms with Crippen LogP contribution in [0.5, 0.6) is 5.75 Å². The number of phenolic OH excluding ortho intramolecular Hbond substituents is 1. The molecule has 4 heteroatoms. The van der Waals surface area contributed by atoms with Crippen molar-refractivity contribution < 1.29 is 20.1 Å². The van der Waals surface area contributed by atoms with Crippen LogP contribution in [-0.4, -0.2) is 26.9 Å². The van der Waals surface area contributed by atoms with Crippen molar-refractivity contribution in [1.29, 1.82) is 0 Å². The van der Waals surface area contributed by atoms with Crippen molar-refractivity contribution in [2.45, 2.75) is 37.2 Å². The van der Waals surface area contributed by atoms with Crippen LogP contribution in [0, 0.1) is 0 Å².